The highest BCUT2D eigenvalue weighted by atomic mass is 32.1. The molecule has 0 aliphatic rings. The molecule has 108 valence electrons. The van der Waals surface area contributed by atoms with Crippen LogP contribution in [-0.2, 0) is 6.54 Å². The summed E-state index contributed by atoms with van der Waals surface area (Å²) >= 11 is 1.43. The van der Waals surface area contributed by atoms with Crippen molar-refractivity contribution in [2.24, 2.45) is 0 Å². The lowest BCUT2D eigenvalue weighted by Gasteiger charge is -2.16. The van der Waals surface area contributed by atoms with Crippen LogP contribution in [0.3, 0.4) is 0 Å². The summed E-state index contributed by atoms with van der Waals surface area (Å²) in [6.45, 7) is 4.66. The van der Waals surface area contributed by atoms with Gasteiger partial charge in [0.05, 0.1) is 0 Å². The van der Waals surface area contributed by atoms with Gasteiger partial charge in [-0.3, -0.25) is 4.79 Å². The van der Waals surface area contributed by atoms with E-state index >= 15 is 0 Å². The molecular weight excluding hydrogens is 284 g/mol. The number of aryl methyl sites for hydroxylation is 2. The van der Waals surface area contributed by atoms with Crippen molar-refractivity contribution in [2.75, 3.05) is 11.9 Å². The molecule has 0 saturated heterocycles. The lowest BCUT2D eigenvalue weighted by Crippen LogP contribution is -2.19. The molecule has 3 aromatic rings. The Morgan fingerprint density at radius 3 is 2.81 bits per heavy atom. The summed E-state index contributed by atoms with van der Waals surface area (Å²) in [5.41, 5.74) is 3.08. The van der Waals surface area contributed by atoms with Gasteiger partial charge in [-0.15, -0.1) is 5.10 Å². The highest BCUT2D eigenvalue weighted by Crippen LogP contribution is 2.22. The summed E-state index contributed by atoms with van der Waals surface area (Å²) in [4.78, 5) is 18.9. The van der Waals surface area contributed by atoms with Crippen molar-refractivity contribution in [3.8, 4) is 0 Å². The predicted molar refractivity (Wildman–Crippen MR) is 85.2 cm³/mol. The lowest BCUT2D eigenvalue weighted by atomic mass is 10.1. The van der Waals surface area contributed by atoms with Gasteiger partial charge in [-0.25, -0.2) is 4.98 Å². The quantitative estimate of drug-likeness (QED) is 0.745. The van der Waals surface area contributed by atoms with Crippen LogP contribution >= 0.6 is 11.3 Å². The van der Waals surface area contributed by atoms with Gasteiger partial charge >= 0.3 is 0 Å². The fourth-order valence-corrected chi connectivity index (χ4v) is 3.09. The summed E-state index contributed by atoms with van der Waals surface area (Å²) in [6, 6.07) is 9.76. The van der Waals surface area contributed by atoms with E-state index < -0.39 is 0 Å². The standard InChI is InChI=1S/C15H16N4OS/c1-10-6-4-5-7-12(10)9-18(3)15-17-19-13(20)8-11(2)16-14(19)21-15/h4-8H,9H2,1-3H3. The zero-order chi connectivity index (χ0) is 15.0. The van der Waals surface area contributed by atoms with Crippen molar-refractivity contribution >= 4 is 21.4 Å². The minimum atomic E-state index is -0.135. The molecule has 0 unspecified atom stereocenters. The van der Waals surface area contributed by atoms with E-state index in [1.807, 2.05) is 31.0 Å². The highest BCUT2D eigenvalue weighted by molar-refractivity contribution is 7.20. The van der Waals surface area contributed by atoms with Crippen LogP contribution in [0.4, 0.5) is 5.13 Å². The van der Waals surface area contributed by atoms with Crippen LogP contribution in [0.1, 0.15) is 16.8 Å². The molecule has 0 aliphatic heterocycles. The fraction of sp³-hybridized carbons (Fsp3) is 0.267. The van der Waals surface area contributed by atoms with Crippen molar-refractivity contribution in [2.45, 2.75) is 20.4 Å². The second-order valence-electron chi connectivity index (χ2n) is 5.10. The molecule has 0 bridgehead atoms. The first-order valence-corrected chi connectivity index (χ1v) is 7.49. The first kappa shape index (κ1) is 13.8. The predicted octanol–water partition coefficient (Wildman–Crippen LogP) is 2.40. The third-order valence-electron chi connectivity index (χ3n) is 3.36. The third kappa shape index (κ3) is 2.67. The van der Waals surface area contributed by atoms with E-state index in [4.69, 9.17) is 0 Å². The first-order valence-electron chi connectivity index (χ1n) is 6.68. The van der Waals surface area contributed by atoms with Crippen molar-refractivity contribution in [3.05, 3.63) is 57.5 Å². The van der Waals surface area contributed by atoms with Crippen LogP contribution in [0.5, 0.6) is 0 Å². The SMILES string of the molecule is Cc1cc(=O)n2nc(N(C)Cc3ccccc3C)sc2n1. The van der Waals surface area contributed by atoms with Gasteiger partial charge in [-0.2, -0.15) is 4.52 Å². The molecule has 1 aromatic carbocycles. The number of nitrogens with zero attached hydrogens (tertiary/aromatic N) is 4. The van der Waals surface area contributed by atoms with Gasteiger partial charge < -0.3 is 4.90 Å². The molecule has 0 saturated carbocycles. The minimum Gasteiger partial charge on any atom is -0.345 e. The van der Waals surface area contributed by atoms with Gasteiger partial charge in [0.25, 0.3) is 5.56 Å². The van der Waals surface area contributed by atoms with Crippen LogP contribution in [0, 0.1) is 13.8 Å². The normalized spacial score (nSPS) is 11.0. The number of fused-ring (bicyclic) bond motifs is 1. The maximum Gasteiger partial charge on any atom is 0.275 e. The van der Waals surface area contributed by atoms with Crippen LogP contribution < -0.4 is 10.5 Å². The highest BCUT2D eigenvalue weighted by Gasteiger charge is 2.12. The van der Waals surface area contributed by atoms with Crippen molar-refractivity contribution in [1.82, 2.24) is 14.6 Å². The average molecular weight is 300 g/mol. The zero-order valence-corrected chi connectivity index (χ0v) is 13.0. The molecule has 0 spiro atoms. The van der Waals surface area contributed by atoms with E-state index in [0.717, 1.165) is 17.4 Å². The molecule has 0 atom stereocenters. The van der Waals surface area contributed by atoms with E-state index in [-0.39, 0.29) is 5.56 Å². The van der Waals surface area contributed by atoms with Crippen LogP contribution in [0.2, 0.25) is 0 Å². The van der Waals surface area contributed by atoms with E-state index in [1.165, 1.54) is 33.0 Å². The molecular formula is C15H16N4OS. The van der Waals surface area contributed by atoms with Crippen molar-refractivity contribution in [3.63, 3.8) is 0 Å². The molecule has 2 aromatic heterocycles. The third-order valence-corrected chi connectivity index (χ3v) is 4.38. The van der Waals surface area contributed by atoms with Gasteiger partial charge in [-0.1, -0.05) is 35.6 Å². The molecule has 0 aliphatic carbocycles. The summed E-state index contributed by atoms with van der Waals surface area (Å²) in [5, 5.41) is 5.15. The Kier molecular flexibility index (Phi) is 3.47. The Morgan fingerprint density at radius 1 is 1.29 bits per heavy atom. The van der Waals surface area contributed by atoms with E-state index in [1.54, 1.807) is 0 Å². The molecule has 0 radical (unpaired) electrons. The van der Waals surface area contributed by atoms with Gasteiger partial charge in [0, 0.05) is 25.4 Å². The van der Waals surface area contributed by atoms with Gasteiger partial charge in [0.2, 0.25) is 10.1 Å². The summed E-state index contributed by atoms with van der Waals surface area (Å²) in [6.07, 6.45) is 0. The minimum absolute atomic E-state index is 0.135. The number of hydrogen-bond donors (Lipinski definition) is 0. The largest absolute Gasteiger partial charge is 0.345 e. The lowest BCUT2D eigenvalue weighted by molar-refractivity contribution is 0.839. The Balaban J connectivity index is 1.95. The topological polar surface area (TPSA) is 50.5 Å². The molecule has 6 heteroatoms. The number of rotatable bonds is 3. The molecule has 0 amide bonds. The average Bonchev–Trinajstić information content (AvgIpc) is 2.85. The van der Waals surface area contributed by atoms with Crippen LogP contribution in [-0.4, -0.2) is 21.6 Å². The van der Waals surface area contributed by atoms with E-state index in [2.05, 4.69) is 29.1 Å². The summed E-state index contributed by atoms with van der Waals surface area (Å²) in [5.74, 6) is 0. The molecule has 21 heavy (non-hydrogen) atoms. The van der Waals surface area contributed by atoms with Crippen molar-refractivity contribution in [1.29, 1.82) is 0 Å². The van der Waals surface area contributed by atoms with Gasteiger partial charge in [0.15, 0.2) is 0 Å². The smallest absolute Gasteiger partial charge is 0.275 e. The Hall–Kier alpha value is -2.21. The molecule has 5 nitrogen and oxygen atoms in total. The van der Waals surface area contributed by atoms with Crippen LogP contribution in [0.15, 0.2) is 35.1 Å². The van der Waals surface area contributed by atoms with Gasteiger partial charge in [-0.05, 0) is 25.0 Å². The number of anilines is 1. The zero-order valence-electron chi connectivity index (χ0n) is 12.2. The molecule has 0 N–H and O–H groups in total. The summed E-state index contributed by atoms with van der Waals surface area (Å²) in [7, 11) is 1.97. The Morgan fingerprint density at radius 2 is 2.05 bits per heavy atom. The number of aromatic nitrogens is 3. The summed E-state index contributed by atoms with van der Waals surface area (Å²) < 4.78 is 1.36. The molecule has 2 heterocycles. The van der Waals surface area contributed by atoms with E-state index in [0.29, 0.717) is 4.96 Å². The second-order valence-corrected chi connectivity index (χ2v) is 6.03. The first-order chi connectivity index (χ1) is 10.0. The number of hydrogen-bond acceptors (Lipinski definition) is 5. The second kappa shape index (κ2) is 5.29. The van der Waals surface area contributed by atoms with Crippen molar-refractivity contribution < 1.29 is 0 Å². The molecule has 3 rings (SSSR count). The Bertz CT molecular complexity index is 852. The van der Waals surface area contributed by atoms with E-state index in [9.17, 15) is 4.79 Å². The number of benzene rings is 1. The maximum absolute atomic E-state index is 11.9. The fourth-order valence-electron chi connectivity index (χ4n) is 2.18. The molecule has 0 fully saturated rings. The van der Waals surface area contributed by atoms with Gasteiger partial charge in [0.1, 0.15) is 0 Å². The Labute approximate surface area is 126 Å². The van der Waals surface area contributed by atoms with Crippen LogP contribution in [0.25, 0.3) is 4.96 Å². The maximum atomic E-state index is 11.9. The monoisotopic (exact) mass is 300 g/mol.